The van der Waals surface area contributed by atoms with Crippen LogP contribution in [0, 0.1) is 5.92 Å². The Morgan fingerprint density at radius 2 is 1.91 bits per heavy atom. The molecule has 1 unspecified atom stereocenters. The van der Waals surface area contributed by atoms with Crippen molar-refractivity contribution in [3.63, 3.8) is 0 Å². The Balaban J connectivity index is 2.21. The van der Waals surface area contributed by atoms with Crippen LogP contribution in [0.3, 0.4) is 0 Å². The van der Waals surface area contributed by atoms with Crippen LogP contribution < -0.4 is 10.6 Å². The van der Waals surface area contributed by atoms with E-state index in [0.717, 1.165) is 12.5 Å². The van der Waals surface area contributed by atoms with Crippen LogP contribution >= 0.6 is 0 Å². The highest BCUT2D eigenvalue weighted by molar-refractivity contribution is 5.79. The van der Waals surface area contributed by atoms with Gasteiger partial charge in [0, 0.05) is 27.2 Å². The number of ether oxygens (including phenoxy) is 2. The first-order valence-electron chi connectivity index (χ1n) is 8.08. The lowest BCUT2D eigenvalue weighted by Crippen LogP contribution is -2.46. The molecule has 130 valence electrons. The quantitative estimate of drug-likeness (QED) is 0.542. The molecule has 0 spiro atoms. The average molecular weight is 321 g/mol. The molecule has 5 heteroatoms. The van der Waals surface area contributed by atoms with Crippen molar-refractivity contribution >= 4 is 5.96 Å². The molecule has 1 aromatic carbocycles. The number of guanidine groups is 1. The predicted octanol–water partition coefficient (Wildman–Crippen LogP) is 2.43. The highest BCUT2D eigenvalue weighted by atomic mass is 16.5. The van der Waals surface area contributed by atoms with Gasteiger partial charge in [-0.2, -0.15) is 0 Å². The second kappa shape index (κ2) is 10.2. The van der Waals surface area contributed by atoms with Crippen LogP contribution in [0.25, 0.3) is 0 Å². The predicted molar refractivity (Wildman–Crippen MR) is 95.7 cm³/mol. The second-order valence-corrected chi connectivity index (χ2v) is 6.38. The second-order valence-electron chi connectivity index (χ2n) is 6.38. The molecule has 0 bridgehead atoms. The molecule has 0 aliphatic carbocycles. The van der Waals surface area contributed by atoms with Gasteiger partial charge in [-0.25, -0.2) is 0 Å². The Bertz CT molecular complexity index is 461. The fourth-order valence-corrected chi connectivity index (χ4v) is 1.87. The van der Waals surface area contributed by atoms with Crippen molar-refractivity contribution in [3.05, 3.63) is 35.9 Å². The summed E-state index contributed by atoms with van der Waals surface area (Å²) in [6, 6.07) is 10.2. The molecule has 23 heavy (non-hydrogen) atoms. The van der Waals surface area contributed by atoms with E-state index in [4.69, 9.17) is 9.47 Å². The molecule has 0 heterocycles. The van der Waals surface area contributed by atoms with Gasteiger partial charge in [-0.1, -0.05) is 37.3 Å². The van der Waals surface area contributed by atoms with Crippen LogP contribution in [0.4, 0.5) is 0 Å². The molecule has 0 radical (unpaired) electrons. The topological polar surface area (TPSA) is 54.9 Å². The number of rotatable bonds is 9. The number of benzene rings is 1. The van der Waals surface area contributed by atoms with E-state index in [2.05, 4.69) is 34.7 Å². The van der Waals surface area contributed by atoms with Crippen molar-refractivity contribution < 1.29 is 9.47 Å². The van der Waals surface area contributed by atoms with Crippen molar-refractivity contribution in [1.29, 1.82) is 0 Å². The molecular formula is C18H31N3O2. The van der Waals surface area contributed by atoms with Gasteiger partial charge in [-0.15, -0.1) is 0 Å². The number of hydrogen-bond acceptors (Lipinski definition) is 3. The minimum absolute atomic E-state index is 0.220. The molecule has 5 nitrogen and oxygen atoms in total. The van der Waals surface area contributed by atoms with Gasteiger partial charge in [0.2, 0.25) is 0 Å². The van der Waals surface area contributed by atoms with Crippen LogP contribution in [0.2, 0.25) is 0 Å². The zero-order chi connectivity index (χ0) is 17.1. The number of methoxy groups -OCH3 is 1. The minimum Gasteiger partial charge on any atom is -0.377 e. The van der Waals surface area contributed by atoms with Crippen LogP contribution in [0.1, 0.15) is 26.3 Å². The molecule has 0 saturated heterocycles. The largest absolute Gasteiger partial charge is 0.377 e. The molecule has 0 aliphatic heterocycles. The van der Waals surface area contributed by atoms with E-state index in [0.29, 0.717) is 25.7 Å². The summed E-state index contributed by atoms with van der Waals surface area (Å²) in [5.74, 6) is 1.18. The maximum Gasteiger partial charge on any atom is 0.191 e. The third kappa shape index (κ3) is 8.57. The summed E-state index contributed by atoms with van der Waals surface area (Å²) >= 11 is 0. The van der Waals surface area contributed by atoms with Gasteiger partial charge in [-0.05, 0) is 25.3 Å². The molecule has 2 N–H and O–H groups in total. The van der Waals surface area contributed by atoms with Crippen LogP contribution in [0.5, 0.6) is 0 Å². The highest BCUT2D eigenvalue weighted by Gasteiger charge is 2.16. The molecular weight excluding hydrogens is 290 g/mol. The first-order chi connectivity index (χ1) is 11.0. The van der Waals surface area contributed by atoms with E-state index in [1.165, 1.54) is 5.56 Å². The summed E-state index contributed by atoms with van der Waals surface area (Å²) in [4.78, 5) is 4.22. The van der Waals surface area contributed by atoms with Gasteiger partial charge in [-0.3, -0.25) is 4.99 Å². The Labute approximate surface area is 140 Å². The van der Waals surface area contributed by atoms with Crippen molar-refractivity contribution in [3.8, 4) is 0 Å². The summed E-state index contributed by atoms with van der Waals surface area (Å²) in [6.07, 6.45) is 0. The molecule has 0 amide bonds. The molecule has 0 aromatic heterocycles. The van der Waals surface area contributed by atoms with E-state index in [1.54, 1.807) is 14.2 Å². The van der Waals surface area contributed by atoms with E-state index in [1.807, 2.05) is 32.0 Å². The molecule has 1 rings (SSSR count). The fraction of sp³-hybridized carbons (Fsp3) is 0.611. The minimum atomic E-state index is -0.220. The smallest absolute Gasteiger partial charge is 0.191 e. The van der Waals surface area contributed by atoms with Crippen LogP contribution in [-0.4, -0.2) is 45.4 Å². The van der Waals surface area contributed by atoms with Gasteiger partial charge in [0.25, 0.3) is 0 Å². The summed E-state index contributed by atoms with van der Waals surface area (Å²) < 4.78 is 11.1. The molecule has 0 aliphatic rings. The lowest BCUT2D eigenvalue weighted by molar-refractivity contribution is 0.0268. The maximum atomic E-state index is 5.76. The van der Waals surface area contributed by atoms with Gasteiger partial charge >= 0.3 is 0 Å². The first kappa shape index (κ1) is 19.5. The van der Waals surface area contributed by atoms with E-state index in [9.17, 15) is 0 Å². The standard InChI is InChI=1S/C18H31N3O2/c1-15(12-23-13-16-9-7-6-8-10-16)11-20-17(19-4)21-14-18(2,3)22-5/h6-10,15H,11-14H2,1-5H3,(H2,19,20,21). The SMILES string of the molecule is CN=C(NCC(C)COCc1ccccc1)NCC(C)(C)OC. The van der Waals surface area contributed by atoms with Gasteiger partial charge in [0.15, 0.2) is 5.96 Å². The summed E-state index contributed by atoms with van der Waals surface area (Å²) in [5.41, 5.74) is 0.981. The Hall–Kier alpha value is -1.59. The van der Waals surface area contributed by atoms with E-state index < -0.39 is 0 Å². The van der Waals surface area contributed by atoms with Crippen LogP contribution in [-0.2, 0) is 16.1 Å². The summed E-state index contributed by atoms with van der Waals surface area (Å²) in [7, 11) is 3.48. The molecule has 0 fully saturated rings. The van der Waals surface area contributed by atoms with Crippen molar-refractivity contribution in [1.82, 2.24) is 10.6 Å². The normalized spacial score (nSPS) is 13.7. The third-order valence-electron chi connectivity index (χ3n) is 3.59. The van der Waals surface area contributed by atoms with E-state index in [-0.39, 0.29) is 5.60 Å². The average Bonchev–Trinajstić information content (AvgIpc) is 2.56. The third-order valence-corrected chi connectivity index (χ3v) is 3.59. The first-order valence-corrected chi connectivity index (χ1v) is 8.08. The zero-order valence-electron chi connectivity index (χ0n) is 15.1. The van der Waals surface area contributed by atoms with Crippen LogP contribution in [0.15, 0.2) is 35.3 Å². The number of aliphatic imine (C=N–C) groups is 1. The van der Waals surface area contributed by atoms with Gasteiger partial charge < -0.3 is 20.1 Å². The zero-order valence-corrected chi connectivity index (χ0v) is 15.1. The Morgan fingerprint density at radius 1 is 1.22 bits per heavy atom. The Morgan fingerprint density at radius 3 is 2.52 bits per heavy atom. The molecule has 1 aromatic rings. The number of nitrogens with zero attached hydrogens (tertiary/aromatic N) is 1. The van der Waals surface area contributed by atoms with Crippen molar-refractivity contribution in [2.75, 3.05) is 33.9 Å². The van der Waals surface area contributed by atoms with Crippen molar-refractivity contribution in [2.45, 2.75) is 33.0 Å². The lowest BCUT2D eigenvalue weighted by atomic mass is 10.1. The lowest BCUT2D eigenvalue weighted by Gasteiger charge is -2.25. The monoisotopic (exact) mass is 321 g/mol. The fourth-order valence-electron chi connectivity index (χ4n) is 1.87. The summed E-state index contributed by atoms with van der Waals surface area (Å²) in [6.45, 7) is 9.09. The summed E-state index contributed by atoms with van der Waals surface area (Å²) in [5, 5.41) is 6.59. The van der Waals surface area contributed by atoms with Gasteiger partial charge in [0.1, 0.15) is 0 Å². The van der Waals surface area contributed by atoms with E-state index >= 15 is 0 Å². The molecule has 0 saturated carbocycles. The number of hydrogen-bond donors (Lipinski definition) is 2. The maximum absolute atomic E-state index is 5.76. The van der Waals surface area contributed by atoms with Crippen molar-refractivity contribution in [2.24, 2.45) is 10.9 Å². The molecule has 1 atom stereocenters. The highest BCUT2D eigenvalue weighted by Crippen LogP contribution is 2.05. The van der Waals surface area contributed by atoms with Gasteiger partial charge in [0.05, 0.1) is 18.8 Å². The Kier molecular flexibility index (Phi) is 8.66. The number of nitrogens with one attached hydrogen (secondary N) is 2.